The van der Waals surface area contributed by atoms with Crippen LogP contribution in [0.4, 0.5) is 0 Å². The molecule has 4 heteroatoms. The standard InChI is InChI=1S/C30H46O4/c1-18(2)19(3)8-9-20(4)24-10-11-25-23-16-27(32)30(33)17-22(34-21(5)31)12-15-29(30,7)26(23)13-14-28(24,25)6/h8-9,16,18-20,22,24-26,33H,10-15,17H2,1-7H3/t19-,20+,22-,24+,25-,26-,28+,29+,30-/m0/s1. The first-order valence-corrected chi connectivity index (χ1v) is 13.7. The summed E-state index contributed by atoms with van der Waals surface area (Å²) in [4.78, 5) is 25.0. The van der Waals surface area contributed by atoms with E-state index in [0.29, 0.717) is 36.0 Å². The number of aliphatic hydroxyl groups is 1. The maximum atomic E-state index is 13.5. The smallest absolute Gasteiger partial charge is 0.302 e. The summed E-state index contributed by atoms with van der Waals surface area (Å²) in [6.07, 6.45) is 12.5. The second-order valence-electron chi connectivity index (χ2n) is 12.9. The fraction of sp³-hybridized carbons (Fsp3) is 0.800. The predicted octanol–water partition coefficient (Wildman–Crippen LogP) is 6.28. The summed E-state index contributed by atoms with van der Waals surface area (Å²) in [6, 6.07) is 0. The maximum Gasteiger partial charge on any atom is 0.302 e. The molecule has 0 aromatic heterocycles. The Hall–Kier alpha value is -1.42. The van der Waals surface area contributed by atoms with Crippen molar-refractivity contribution in [2.24, 2.45) is 46.3 Å². The van der Waals surface area contributed by atoms with E-state index in [-0.39, 0.29) is 35.6 Å². The van der Waals surface area contributed by atoms with Crippen molar-refractivity contribution in [3.8, 4) is 0 Å². The van der Waals surface area contributed by atoms with Gasteiger partial charge in [0.15, 0.2) is 5.78 Å². The van der Waals surface area contributed by atoms with Crippen LogP contribution in [-0.4, -0.2) is 28.6 Å². The Labute approximate surface area is 206 Å². The van der Waals surface area contributed by atoms with Gasteiger partial charge in [-0.2, -0.15) is 0 Å². The minimum absolute atomic E-state index is 0.162. The van der Waals surface area contributed by atoms with Crippen molar-refractivity contribution >= 4 is 11.8 Å². The largest absolute Gasteiger partial charge is 0.462 e. The number of fused-ring (bicyclic) bond motifs is 5. The first-order valence-electron chi connectivity index (χ1n) is 13.7. The van der Waals surface area contributed by atoms with Crippen molar-refractivity contribution in [3.05, 3.63) is 23.8 Å². The van der Waals surface area contributed by atoms with Crippen molar-refractivity contribution in [2.45, 2.75) is 105 Å². The number of hydrogen-bond acceptors (Lipinski definition) is 4. The summed E-state index contributed by atoms with van der Waals surface area (Å²) in [5.74, 6) is 2.54. The summed E-state index contributed by atoms with van der Waals surface area (Å²) in [5.41, 5.74) is -0.406. The molecular formula is C30H46O4. The normalized spacial score (nSPS) is 43.7. The summed E-state index contributed by atoms with van der Waals surface area (Å²) in [6.45, 7) is 15.2. The first-order chi connectivity index (χ1) is 15.8. The number of carbonyl (C=O) groups excluding carboxylic acids is 2. The Balaban J connectivity index is 1.60. The van der Waals surface area contributed by atoms with Gasteiger partial charge < -0.3 is 9.84 Å². The molecule has 3 fully saturated rings. The number of ketones is 1. The van der Waals surface area contributed by atoms with Gasteiger partial charge in [-0.15, -0.1) is 0 Å². The van der Waals surface area contributed by atoms with Crippen LogP contribution in [0.3, 0.4) is 0 Å². The van der Waals surface area contributed by atoms with E-state index in [4.69, 9.17) is 4.74 Å². The molecule has 0 amide bonds. The zero-order chi connectivity index (χ0) is 25.1. The van der Waals surface area contributed by atoms with Gasteiger partial charge in [0.25, 0.3) is 0 Å². The highest BCUT2D eigenvalue weighted by molar-refractivity contribution is 5.99. The summed E-state index contributed by atoms with van der Waals surface area (Å²) < 4.78 is 5.44. The molecule has 1 N–H and O–H groups in total. The van der Waals surface area contributed by atoms with Crippen LogP contribution in [-0.2, 0) is 14.3 Å². The fourth-order valence-electron chi connectivity index (χ4n) is 8.28. The third-order valence-electron chi connectivity index (χ3n) is 10.9. The number of rotatable bonds is 5. The van der Waals surface area contributed by atoms with Gasteiger partial charge in [-0.3, -0.25) is 9.59 Å². The molecule has 4 aliphatic rings. The Kier molecular flexibility index (Phi) is 6.72. The Morgan fingerprint density at radius 1 is 1.06 bits per heavy atom. The van der Waals surface area contributed by atoms with Crippen LogP contribution >= 0.6 is 0 Å². The average molecular weight is 471 g/mol. The highest BCUT2D eigenvalue weighted by Crippen LogP contribution is 2.67. The molecule has 0 radical (unpaired) electrons. The Morgan fingerprint density at radius 3 is 2.41 bits per heavy atom. The molecule has 0 heterocycles. The molecule has 4 nitrogen and oxygen atoms in total. The van der Waals surface area contributed by atoms with Crippen molar-refractivity contribution < 1.29 is 19.4 Å². The molecule has 0 aromatic rings. The predicted molar refractivity (Wildman–Crippen MR) is 135 cm³/mol. The molecule has 0 saturated heterocycles. The SMILES string of the molecule is CC(=O)O[C@H]1CC[C@]2(C)[C@H]3CC[C@]4(C)[C@@H]([C@H](C)C=C[C@H](C)C(C)C)CC[C@H]4C3=CC(=O)[C@@]2(O)C1. The molecule has 4 rings (SSSR count). The van der Waals surface area contributed by atoms with Crippen LogP contribution in [0.15, 0.2) is 23.8 Å². The number of ether oxygens (including phenoxy) is 1. The second-order valence-corrected chi connectivity index (χ2v) is 12.9. The molecule has 0 aliphatic heterocycles. The lowest BCUT2D eigenvalue weighted by Gasteiger charge is -2.60. The molecule has 34 heavy (non-hydrogen) atoms. The second kappa shape index (κ2) is 8.91. The average Bonchev–Trinajstić information content (AvgIpc) is 3.11. The highest BCUT2D eigenvalue weighted by Gasteiger charge is 2.65. The van der Waals surface area contributed by atoms with E-state index in [2.05, 4.69) is 53.7 Å². The lowest BCUT2D eigenvalue weighted by Crippen LogP contribution is -2.64. The van der Waals surface area contributed by atoms with Gasteiger partial charge in [-0.1, -0.05) is 59.3 Å². The summed E-state index contributed by atoms with van der Waals surface area (Å²) in [5, 5.41) is 11.8. The van der Waals surface area contributed by atoms with E-state index in [1.165, 1.54) is 18.9 Å². The lowest BCUT2D eigenvalue weighted by atomic mass is 9.46. The van der Waals surface area contributed by atoms with Crippen LogP contribution in [0.2, 0.25) is 0 Å². The van der Waals surface area contributed by atoms with Crippen molar-refractivity contribution in [2.75, 3.05) is 0 Å². The van der Waals surface area contributed by atoms with E-state index in [9.17, 15) is 14.7 Å². The number of carbonyl (C=O) groups is 2. The minimum Gasteiger partial charge on any atom is -0.462 e. The van der Waals surface area contributed by atoms with Crippen LogP contribution in [0, 0.1) is 46.3 Å². The number of esters is 1. The van der Waals surface area contributed by atoms with Gasteiger partial charge in [0, 0.05) is 18.8 Å². The molecule has 0 unspecified atom stereocenters. The number of allylic oxidation sites excluding steroid dienone is 3. The molecule has 4 aliphatic carbocycles. The lowest BCUT2D eigenvalue weighted by molar-refractivity contribution is -0.188. The third kappa shape index (κ3) is 3.92. The third-order valence-corrected chi connectivity index (χ3v) is 10.9. The van der Waals surface area contributed by atoms with Crippen LogP contribution in [0.25, 0.3) is 0 Å². The summed E-state index contributed by atoms with van der Waals surface area (Å²) in [7, 11) is 0. The van der Waals surface area contributed by atoms with E-state index in [1.54, 1.807) is 0 Å². The minimum atomic E-state index is -1.44. The van der Waals surface area contributed by atoms with Gasteiger partial charge in [0.2, 0.25) is 0 Å². The molecule has 3 saturated carbocycles. The molecule has 190 valence electrons. The Morgan fingerprint density at radius 2 is 1.76 bits per heavy atom. The number of hydrogen-bond donors (Lipinski definition) is 1. The van der Waals surface area contributed by atoms with E-state index in [1.807, 2.05) is 6.08 Å². The molecule has 0 aromatic carbocycles. The molecule has 0 bridgehead atoms. The monoisotopic (exact) mass is 470 g/mol. The maximum absolute atomic E-state index is 13.5. The fourth-order valence-corrected chi connectivity index (χ4v) is 8.28. The molecular weight excluding hydrogens is 424 g/mol. The van der Waals surface area contributed by atoms with E-state index in [0.717, 1.165) is 25.7 Å². The van der Waals surface area contributed by atoms with Gasteiger partial charge >= 0.3 is 5.97 Å². The molecule has 9 atom stereocenters. The Bertz CT molecular complexity index is 886. The van der Waals surface area contributed by atoms with Gasteiger partial charge in [-0.25, -0.2) is 0 Å². The van der Waals surface area contributed by atoms with Crippen molar-refractivity contribution in [3.63, 3.8) is 0 Å². The highest BCUT2D eigenvalue weighted by atomic mass is 16.5. The first kappa shape index (κ1) is 25.7. The van der Waals surface area contributed by atoms with E-state index < -0.39 is 11.0 Å². The zero-order valence-corrected chi connectivity index (χ0v) is 22.4. The van der Waals surface area contributed by atoms with Crippen molar-refractivity contribution in [1.29, 1.82) is 0 Å². The van der Waals surface area contributed by atoms with Gasteiger partial charge in [-0.05, 0) is 85.5 Å². The van der Waals surface area contributed by atoms with Gasteiger partial charge in [0.05, 0.1) is 0 Å². The zero-order valence-electron chi connectivity index (χ0n) is 22.4. The van der Waals surface area contributed by atoms with Gasteiger partial charge in [0.1, 0.15) is 11.7 Å². The van der Waals surface area contributed by atoms with Crippen LogP contribution in [0.5, 0.6) is 0 Å². The van der Waals surface area contributed by atoms with Crippen LogP contribution in [0.1, 0.15) is 93.4 Å². The summed E-state index contributed by atoms with van der Waals surface area (Å²) >= 11 is 0. The quantitative estimate of drug-likeness (QED) is 0.380. The van der Waals surface area contributed by atoms with E-state index >= 15 is 0 Å². The van der Waals surface area contributed by atoms with Crippen LogP contribution < -0.4 is 0 Å². The molecule has 0 spiro atoms. The van der Waals surface area contributed by atoms with Crippen molar-refractivity contribution in [1.82, 2.24) is 0 Å². The topological polar surface area (TPSA) is 63.6 Å².